The fraction of sp³-hybridized carbons (Fsp3) is 1.00. The van der Waals surface area contributed by atoms with E-state index in [9.17, 15) is 21.6 Å². The van der Waals surface area contributed by atoms with Crippen LogP contribution in [0.25, 0.3) is 0 Å². The number of alkyl halides is 3. The Kier molecular flexibility index (Phi) is 4.10. The van der Waals surface area contributed by atoms with Gasteiger partial charge in [-0.3, -0.25) is 0 Å². The number of rotatable bonds is 6. The largest absolute Gasteiger partial charge is 0.407 e. The molecule has 0 bridgehead atoms. The molecule has 1 rings (SSSR count). The van der Waals surface area contributed by atoms with E-state index in [-0.39, 0.29) is 31.2 Å². The molecule has 0 spiro atoms. The number of nitrogens with one attached hydrogen (secondary N) is 2. The molecule has 0 aliphatic heterocycles. The van der Waals surface area contributed by atoms with Crippen LogP contribution in [0, 0.1) is 0 Å². The Bertz CT molecular complexity index is 361. The van der Waals surface area contributed by atoms with Crippen LogP contribution in [0.2, 0.25) is 0 Å². The van der Waals surface area contributed by atoms with Crippen LogP contribution in [0.5, 0.6) is 0 Å². The zero-order chi connectivity index (χ0) is 13.3. The van der Waals surface area contributed by atoms with E-state index in [1.54, 1.807) is 4.72 Å². The summed E-state index contributed by atoms with van der Waals surface area (Å²) in [5, 5.41) is 2.85. The van der Waals surface area contributed by atoms with Crippen LogP contribution in [-0.2, 0) is 10.0 Å². The van der Waals surface area contributed by atoms with Crippen molar-refractivity contribution in [3.8, 4) is 0 Å². The third kappa shape index (κ3) is 4.11. The Morgan fingerprint density at radius 3 is 2.18 bits per heavy atom. The third-order valence-corrected chi connectivity index (χ3v) is 4.01. The normalized spacial score (nSPS) is 19.6. The molecule has 8 heteroatoms. The molecule has 1 aliphatic rings. The first-order chi connectivity index (χ1) is 7.58. The van der Waals surface area contributed by atoms with Crippen molar-refractivity contribution < 1.29 is 21.6 Å². The van der Waals surface area contributed by atoms with E-state index in [0.29, 0.717) is 0 Å². The van der Waals surface area contributed by atoms with Crippen molar-refractivity contribution in [3.63, 3.8) is 0 Å². The first-order valence-electron chi connectivity index (χ1n) is 5.40. The van der Waals surface area contributed by atoms with Crippen LogP contribution < -0.4 is 10.0 Å². The summed E-state index contributed by atoms with van der Waals surface area (Å²) in [6, 6.07) is 0.0997. The molecule has 1 aliphatic carbocycles. The lowest BCUT2D eigenvalue weighted by atomic mass is 10.3. The lowest BCUT2D eigenvalue weighted by Gasteiger charge is -2.20. The standard InChI is InChI=1S/C9H17F3N2O2S/c1-7(2)13-5-6-17(15,16)14-8(3-4-8)9(10,11)12/h7,13-14H,3-6H2,1-2H3. The lowest BCUT2D eigenvalue weighted by molar-refractivity contribution is -0.160. The van der Waals surface area contributed by atoms with E-state index in [2.05, 4.69) is 5.32 Å². The molecule has 0 unspecified atom stereocenters. The Labute approximate surface area is 99.0 Å². The summed E-state index contributed by atoms with van der Waals surface area (Å²) in [6.07, 6.45) is -4.85. The van der Waals surface area contributed by atoms with Crippen LogP contribution in [0.15, 0.2) is 0 Å². The molecule has 0 aromatic rings. The second kappa shape index (κ2) is 4.74. The van der Waals surface area contributed by atoms with E-state index in [1.165, 1.54) is 0 Å². The Balaban J connectivity index is 2.51. The number of hydrogen-bond donors (Lipinski definition) is 2. The van der Waals surface area contributed by atoms with Gasteiger partial charge in [-0.15, -0.1) is 0 Å². The van der Waals surface area contributed by atoms with Crippen molar-refractivity contribution >= 4 is 10.0 Å². The minimum atomic E-state index is -4.51. The summed E-state index contributed by atoms with van der Waals surface area (Å²) < 4.78 is 62.3. The quantitative estimate of drug-likeness (QED) is 0.759. The van der Waals surface area contributed by atoms with Gasteiger partial charge in [0.25, 0.3) is 0 Å². The second-order valence-electron chi connectivity index (χ2n) is 4.61. The summed E-state index contributed by atoms with van der Waals surface area (Å²) in [5.41, 5.74) is -2.20. The fourth-order valence-electron chi connectivity index (χ4n) is 1.40. The predicted octanol–water partition coefficient (Wildman–Crippen LogP) is 0.999. The van der Waals surface area contributed by atoms with E-state index < -0.39 is 21.7 Å². The first kappa shape index (κ1) is 14.7. The lowest BCUT2D eigenvalue weighted by Crippen LogP contribution is -2.49. The molecule has 0 radical (unpaired) electrons. The van der Waals surface area contributed by atoms with E-state index in [1.807, 2.05) is 13.8 Å². The summed E-state index contributed by atoms with van der Waals surface area (Å²) in [6.45, 7) is 3.80. The molecule has 0 saturated heterocycles. The van der Waals surface area contributed by atoms with Crippen molar-refractivity contribution in [1.82, 2.24) is 10.0 Å². The predicted molar refractivity (Wildman–Crippen MR) is 58.1 cm³/mol. The van der Waals surface area contributed by atoms with Crippen molar-refractivity contribution in [3.05, 3.63) is 0 Å². The SMILES string of the molecule is CC(C)NCCS(=O)(=O)NC1(C(F)(F)F)CC1. The minimum absolute atomic E-state index is 0.0997. The Morgan fingerprint density at radius 1 is 1.29 bits per heavy atom. The second-order valence-corrected chi connectivity index (χ2v) is 6.45. The molecule has 0 atom stereocenters. The van der Waals surface area contributed by atoms with Gasteiger partial charge in [0.1, 0.15) is 5.54 Å². The van der Waals surface area contributed by atoms with Gasteiger partial charge in [0, 0.05) is 12.6 Å². The van der Waals surface area contributed by atoms with E-state index >= 15 is 0 Å². The first-order valence-corrected chi connectivity index (χ1v) is 7.05. The monoisotopic (exact) mass is 274 g/mol. The molecular weight excluding hydrogens is 257 g/mol. The molecule has 0 aromatic heterocycles. The zero-order valence-corrected chi connectivity index (χ0v) is 10.6. The molecule has 0 heterocycles. The van der Waals surface area contributed by atoms with Gasteiger partial charge in [-0.1, -0.05) is 13.8 Å². The number of halogens is 3. The molecule has 0 aromatic carbocycles. The number of hydrogen-bond acceptors (Lipinski definition) is 3. The maximum absolute atomic E-state index is 12.5. The van der Waals surface area contributed by atoms with Gasteiger partial charge in [0.05, 0.1) is 5.75 Å². The van der Waals surface area contributed by atoms with E-state index in [0.717, 1.165) is 0 Å². The highest BCUT2D eigenvalue weighted by atomic mass is 32.2. The van der Waals surface area contributed by atoms with Gasteiger partial charge < -0.3 is 5.32 Å². The molecule has 1 fully saturated rings. The van der Waals surface area contributed by atoms with Crippen LogP contribution >= 0.6 is 0 Å². The average Bonchev–Trinajstić information content (AvgIpc) is 2.81. The highest BCUT2D eigenvalue weighted by Crippen LogP contribution is 2.49. The summed E-state index contributed by atoms with van der Waals surface area (Å²) in [4.78, 5) is 0. The topological polar surface area (TPSA) is 58.2 Å². The summed E-state index contributed by atoms with van der Waals surface area (Å²) >= 11 is 0. The molecule has 17 heavy (non-hydrogen) atoms. The molecule has 102 valence electrons. The highest BCUT2D eigenvalue weighted by Gasteiger charge is 2.65. The van der Waals surface area contributed by atoms with E-state index in [4.69, 9.17) is 0 Å². The molecule has 4 nitrogen and oxygen atoms in total. The highest BCUT2D eigenvalue weighted by molar-refractivity contribution is 7.89. The molecular formula is C9H17F3N2O2S. The molecule has 0 amide bonds. The molecule has 2 N–H and O–H groups in total. The Hall–Kier alpha value is -0.340. The van der Waals surface area contributed by atoms with Gasteiger partial charge in [-0.25, -0.2) is 8.42 Å². The van der Waals surface area contributed by atoms with Crippen molar-refractivity contribution in [2.45, 2.75) is 44.4 Å². The fourth-order valence-corrected chi connectivity index (χ4v) is 2.80. The number of sulfonamides is 1. The third-order valence-electron chi connectivity index (χ3n) is 2.57. The van der Waals surface area contributed by atoms with Crippen LogP contribution in [0.4, 0.5) is 13.2 Å². The van der Waals surface area contributed by atoms with Gasteiger partial charge in [0.15, 0.2) is 0 Å². The van der Waals surface area contributed by atoms with Crippen LogP contribution in [-0.4, -0.2) is 38.5 Å². The molecule has 1 saturated carbocycles. The summed E-state index contributed by atoms with van der Waals surface area (Å²) in [5.74, 6) is -0.344. The van der Waals surface area contributed by atoms with Gasteiger partial charge in [-0.05, 0) is 12.8 Å². The minimum Gasteiger partial charge on any atom is -0.313 e. The van der Waals surface area contributed by atoms with Crippen LogP contribution in [0.1, 0.15) is 26.7 Å². The maximum atomic E-state index is 12.5. The van der Waals surface area contributed by atoms with Gasteiger partial charge in [0.2, 0.25) is 10.0 Å². The summed E-state index contributed by atoms with van der Waals surface area (Å²) in [7, 11) is -3.89. The smallest absolute Gasteiger partial charge is 0.313 e. The maximum Gasteiger partial charge on any atom is 0.407 e. The van der Waals surface area contributed by atoms with Crippen molar-refractivity contribution in [2.75, 3.05) is 12.3 Å². The van der Waals surface area contributed by atoms with Crippen molar-refractivity contribution in [2.24, 2.45) is 0 Å². The van der Waals surface area contributed by atoms with Crippen molar-refractivity contribution in [1.29, 1.82) is 0 Å². The van der Waals surface area contributed by atoms with Gasteiger partial charge in [-0.2, -0.15) is 17.9 Å². The average molecular weight is 274 g/mol. The Morgan fingerprint density at radius 2 is 1.82 bits per heavy atom. The van der Waals surface area contributed by atoms with Gasteiger partial charge >= 0.3 is 6.18 Å². The van der Waals surface area contributed by atoms with Crippen LogP contribution in [0.3, 0.4) is 0 Å². The zero-order valence-electron chi connectivity index (χ0n) is 9.76.